The molecule has 0 spiro atoms. The molecule has 0 saturated heterocycles. The Labute approximate surface area is 182 Å². The van der Waals surface area contributed by atoms with Gasteiger partial charge in [-0.3, -0.25) is 4.79 Å². The van der Waals surface area contributed by atoms with Crippen LogP contribution in [0.25, 0.3) is 0 Å². The maximum absolute atomic E-state index is 12.2. The fourth-order valence-corrected chi connectivity index (χ4v) is 3.45. The van der Waals surface area contributed by atoms with Crippen LogP contribution in [-0.4, -0.2) is 40.0 Å². The van der Waals surface area contributed by atoms with Gasteiger partial charge in [0.2, 0.25) is 0 Å². The number of nitrogens with one attached hydrogen (secondary N) is 1. The quantitative estimate of drug-likeness (QED) is 0.209. The molecule has 0 aliphatic carbocycles. The van der Waals surface area contributed by atoms with Crippen molar-refractivity contribution in [1.82, 2.24) is 5.32 Å². The van der Waals surface area contributed by atoms with Gasteiger partial charge < -0.3 is 20.6 Å². The number of amides is 1. The van der Waals surface area contributed by atoms with Gasteiger partial charge in [-0.2, -0.15) is 0 Å². The van der Waals surface area contributed by atoms with E-state index in [1.54, 1.807) is 18.2 Å². The second kappa shape index (κ2) is 16.9. The van der Waals surface area contributed by atoms with Crippen molar-refractivity contribution in [3.8, 4) is 5.75 Å². The van der Waals surface area contributed by atoms with E-state index in [2.05, 4.69) is 12.2 Å². The number of unbranched alkanes of at least 4 members (excludes halogenated alkanes) is 11. The summed E-state index contributed by atoms with van der Waals surface area (Å²) in [6, 6.07) is 5.38. The predicted molar refractivity (Wildman–Crippen MR) is 123 cm³/mol. The van der Waals surface area contributed by atoms with E-state index in [9.17, 15) is 20.1 Å². The number of phenolic OH excluding ortho intramolecular Hbond substituents is 1. The normalized spacial score (nSPS) is 13.4. The standard InChI is InChI=1S/C25H41NO4/c1-2-3-4-5-6-7-8-9-10-11-12-13-14-19-24(29)22(20-27)26-25(30)21-17-15-16-18-23(21)28/h14-19,22,24,27-29H,2-13,20H2,1H3,(H,26,30)/b19-14+/t22-,24+/m0/s1. The van der Waals surface area contributed by atoms with Crippen molar-refractivity contribution in [2.75, 3.05) is 6.61 Å². The molecule has 0 radical (unpaired) electrons. The summed E-state index contributed by atoms with van der Waals surface area (Å²) >= 11 is 0. The van der Waals surface area contributed by atoms with Crippen molar-refractivity contribution < 1.29 is 20.1 Å². The van der Waals surface area contributed by atoms with Crippen LogP contribution >= 0.6 is 0 Å². The molecule has 1 amide bonds. The highest BCUT2D eigenvalue weighted by atomic mass is 16.3. The molecule has 0 aliphatic heterocycles. The number of aromatic hydroxyl groups is 1. The van der Waals surface area contributed by atoms with Crippen LogP contribution in [0, 0.1) is 0 Å². The van der Waals surface area contributed by atoms with Crippen molar-refractivity contribution in [1.29, 1.82) is 0 Å². The number of rotatable bonds is 17. The van der Waals surface area contributed by atoms with Gasteiger partial charge in [0.1, 0.15) is 5.75 Å². The van der Waals surface area contributed by atoms with Gasteiger partial charge >= 0.3 is 0 Å². The summed E-state index contributed by atoms with van der Waals surface area (Å²) in [6.45, 7) is 1.86. The van der Waals surface area contributed by atoms with Crippen molar-refractivity contribution >= 4 is 5.91 Å². The molecule has 0 heterocycles. The lowest BCUT2D eigenvalue weighted by molar-refractivity contribution is 0.0809. The number of benzene rings is 1. The molecule has 0 fully saturated rings. The number of aliphatic hydroxyl groups is 2. The van der Waals surface area contributed by atoms with Crippen LogP contribution in [0.15, 0.2) is 36.4 Å². The highest BCUT2D eigenvalue weighted by Crippen LogP contribution is 2.16. The van der Waals surface area contributed by atoms with Crippen LogP contribution in [0.5, 0.6) is 5.75 Å². The number of aliphatic hydroxyl groups excluding tert-OH is 2. The number of hydrogen-bond donors (Lipinski definition) is 4. The Morgan fingerprint density at radius 3 is 2.10 bits per heavy atom. The summed E-state index contributed by atoms with van der Waals surface area (Å²) in [4.78, 5) is 12.2. The second-order valence-corrected chi connectivity index (χ2v) is 8.02. The molecule has 1 aromatic rings. The van der Waals surface area contributed by atoms with E-state index in [0.717, 1.165) is 12.8 Å². The van der Waals surface area contributed by atoms with Gasteiger partial charge in [0.05, 0.1) is 24.3 Å². The summed E-state index contributed by atoms with van der Waals surface area (Å²) in [5, 5.41) is 32.0. The highest BCUT2D eigenvalue weighted by molar-refractivity contribution is 5.97. The molecule has 1 aromatic carbocycles. The van der Waals surface area contributed by atoms with Crippen molar-refractivity contribution in [3.05, 3.63) is 42.0 Å². The van der Waals surface area contributed by atoms with E-state index in [1.807, 2.05) is 6.08 Å². The zero-order chi connectivity index (χ0) is 22.0. The molecule has 1 rings (SSSR count). The lowest BCUT2D eigenvalue weighted by Gasteiger charge is -2.20. The first-order valence-corrected chi connectivity index (χ1v) is 11.6. The summed E-state index contributed by atoms with van der Waals surface area (Å²) in [5.41, 5.74) is 0.119. The molecule has 30 heavy (non-hydrogen) atoms. The smallest absolute Gasteiger partial charge is 0.255 e. The number of carbonyl (C=O) groups excluding carboxylic acids is 1. The van der Waals surface area contributed by atoms with Crippen molar-refractivity contribution in [2.24, 2.45) is 0 Å². The molecule has 0 unspecified atom stereocenters. The lowest BCUT2D eigenvalue weighted by Crippen LogP contribution is -2.45. The minimum absolute atomic E-state index is 0.119. The molecule has 2 atom stereocenters. The Balaban J connectivity index is 2.15. The number of allylic oxidation sites excluding steroid dienone is 1. The Morgan fingerprint density at radius 1 is 0.967 bits per heavy atom. The molecule has 0 saturated carbocycles. The molecular weight excluding hydrogens is 378 g/mol. The minimum Gasteiger partial charge on any atom is -0.507 e. The molecule has 5 heteroatoms. The summed E-state index contributed by atoms with van der Waals surface area (Å²) in [7, 11) is 0. The van der Waals surface area contributed by atoms with Gasteiger partial charge in [-0.15, -0.1) is 0 Å². The molecule has 0 aromatic heterocycles. The third-order valence-electron chi connectivity index (χ3n) is 5.38. The maximum atomic E-state index is 12.2. The number of phenols is 1. The van der Waals surface area contributed by atoms with E-state index >= 15 is 0 Å². The van der Waals surface area contributed by atoms with Crippen LogP contribution in [0.1, 0.15) is 94.3 Å². The molecule has 4 N–H and O–H groups in total. The van der Waals surface area contributed by atoms with Gasteiger partial charge in [0.15, 0.2) is 0 Å². The summed E-state index contributed by atoms with van der Waals surface area (Å²) in [6.07, 6.45) is 17.7. The van der Waals surface area contributed by atoms with E-state index in [0.29, 0.717) is 0 Å². The van der Waals surface area contributed by atoms with Gasteiger partial charge in [-0.1, -0.05) is 95.4 Å². The Hall–Kier alpha value is -1.85. The molecule has 170 valence electrons. The fourth-order valence-electron chi connectivity index (χ4n) is 3.45. The summed E-state index contributed by atoms with van der Waals surface area (Å²) in [5.74, 6) is -0.654. The van der Waals surface area contributed by atoms with E-state index in [-0.39, 0.29) is 17.9 Å². The number of carbonyl (C=O) groups is 1. The zero-order valence-corrected chi connectivity index (χ0v) is 18.6. The minimum atomic E-state index is -0.975. The van der Waals surface area contributed by atoms with Crippen molar-refractivity contribution in [3.63, 3.8) is 0 Å². The maximum Gasteiger partial charge on any atom is 0.255 e. The van der Waals surface area contributed by atoms with Crippen LogP contribution in [0.4, 0.5) is 0 Å². The Kier molecular flexibility index (Phi) is 14.7. The average molecular weight is 420 g/mol. The van der Waals surface area contributed by atoms with Gasteiger partial charge in [-0.05, 0) is 25.0 Å². The average Bonchev–Trinajstić information content (AvgIpc) is 2.75. The highest BCUT2D eigenvalue weighted by Gasteiger charge is 2.20. The van der Waals surface area contributed by atoms with E-state index in [1.165, 1.54) is 76.3 Å². The third-order valence-corrected chi connectivity index (χ3v) is 5.38. The number of hydrogen-bond acceptors (Lipinski definition) is 4. The second-order valence-electron chi connectivity index (χ2n) is 8.02. The molecule has 0 aliphatic rings. The lowest BCUT2D eigenvalue weighted by atomic mass is 10.0. The Bertz CT molecular complexity index is 603. The van der Waals surface area contributed by atoms with E-state index in [4.69, 9.17) is 0 Å². The fraction of sp³-hybridized carbons (Fsp3) is 0.640. The topological polar surface area (TPSA) is 89.8 Å². The molecular formula is C25H41NO4. The summed E-state index contributed by atoms with van der Waals surface area (Å²) < 4.78 is 0. The number of para-hydroxylation sites is 1. The van der Waals surface area contributed by atoms with E-state index < -0.39 is 18.1 Å². The largest absolute Gasteiger partial charge is 0.507 e. The monoisotopic (exact) mass is 419 g/mol. The first-order chi connectivity index (χ1) is 14.6. The van der Waals surface area contributed by atoms with Crippen LogP contribution < -0.4 is 5.32 Å². The Morgan fingerprint density at radius 2 is 1.53 bits per heavy atom. The van der Waals surface area contributed by atoms with Crippen LogP contribution in [0.2, 0.25) is 0 Å². The van der Waals surface area contributed by atoms with Crippen molar-refractivity contribution in [2.45, 2.75) is 96.1 Å². The molecule has 0 bridgehead atoms. The molecule has 5 nitrogen and oxygen atoms in total. The predicted octanol–water partition coefficient (Wildman–Crippen LogP) is 5.10. The third kappa shape index (κ3) is 11.4. The van der Waals surface area contributed by atoms with Gasteiger partial charge in [0.25, 0.3) is 5.91 Å². The van der Waals surface area contributed by atoms with Gasteiger partial charge in [-0.25, -0.2) is 0 Å². The zero-order valence-electron chi connectivity index (χ0n) is 18.6. The van der Waals surface area contributed by atoms with Gasteiger partial charge in [0, 0.05) is 0 Å². The first kappa shape index (κ1) is 26.2. The SMILES string of the molecule is CCCCCCCCCCCCC/C=C/[C@@H](O)[C@H](CO)NC(=O)c1ccccc1O. The van der Waals surface area contributed by atoms with Crippen LogP contribution in [-0.2, 0) is 0 Å². The van der Waals surface area contributed by atoms with Crippen LogP contribution in [0.3, 0.4) is 0 Å². The first-order valence-electron chi connectivity index (χ1n) is 11.6.